The second kappa shape index (κ2) is 7.92. The van der Waals surface area contributed by atoms with E-state index in [1.165, 1.54) is 18.5 Å². The van der Waals surface area contributed by atoms with Crippen LogP contribution < -0.4 is 10.1 Å². The Balaban J connectivity index is 1.67. The number of hydrogen-bond acceptors (Lipinski definition) is 7. The Hall–Kier alpha value is -2.78. The van der Waals surface area contributed by atoms with Gasteiger partial charge in [-0.2, -0.15) is 0 Å². The summed E-state index contributed by atoms with van der Waals surface area (Å²) in [5.41, 5.74) is 1.10. The molecule has 0 unspecified atom stereocenters. The summed E-state index contributed by atoms with van der Waals surface area (Å²) in [6.45, 7) is 1.71. The number of nitrogens with one attached hydrogen (secondary N) is 1. The summed E-state index contributed by atoms with van der Waals surface area (Å²) in [5.74, 6) is -0.646. The molecule has 1 aliphatic rings. The molecule has 4 rings (SSSR count). The lowest BCUT2D eigenvalue weighted by Gasteiger charge is -2.27. The quantitative estimate of drug-likeness (QED) is 0.570. The van der Waals surface area contributed by atoms with Crippen molar-refractivity contribution in [2.24, 2.45) is 0 Å². The summed E-state index contributed by atoms with van der Waals surface area (Å²) in [5, 5.41) is 22.8. The SMILES string of the molecule is Cc1c(C(=O)O)sc2ncnc(Nc3ccc(F)cc3O[C@H]3CC[C@H](O)CC3)c12. The van der Waals surface area contributed by atoms with Crippen molar-refractivity contribution < 1.29 is 24.1 Å². The maximum atomic E-state index is 13.9. The van der Waals surface area contributed by atoms with Crippen molar-refractivity contribution in [3.05, 3.63) is 40.8 Å². The number of thiophene rings is 1. The lowest BCUT2D eigenvalue weighted by atomic mass is 9.95. The molecule has 1 fully saturated rings. The number of aromatic nitrogens is 2. The van der Waals surface area contributed by atoms with E-state index in [0.717, 1.165) is 11.3 Å². The van der Waals surface area contributed by atoms with Crippen LogP contribution >= 0.6 is 11.3 Å². The van der Waals surface area contributed by atoms with Gasteiger partial charge in [-0.25, -0.2) is 19.2 Å². The summed E-state index contributed by atoms with van der Waals surface area (Å²) in [6, 6.07) is 4.20. The topological polar surface area (TPSA) is 105 Å². The number of aliphatic hydroxyl groups excluding tert-OH is 1. The van der Waals surface area contributed by atoms with E-state index >= 15 is 0 Å². The molecule has 152 valence electrons. The maximum absolute atomic E-state index is 13.9. The Morgan fingerprint density at radius 1 is 1.28 bits per heavy atom. The first-order valence-corrected chi connectivity index (χ1v) is 10.1. The Labute approximate surface area is 170 Å². The van der Waals surface area contributed by atoms with E-state index in [-0.39, 0.29) is 17.1 Å². The van der Waals surface area contributed by atoms with E-state index < -0.39 is 11.8 Å². The Bertz CT molecular complexity index is 1060. The van der Waals surface area contributed by atoms with Gasteiger partial charge in [-0.3, -0.25) is 0 Å². The fraction of sp³-hybridized carbons (Fsp3) is 0.350. The molecule has 1 aromatic carbocycles. The monoisotopic (exact) mass is 417 g/mol. The average Bonchev–Trinajstić information content (AvgIpc) is 3.04. The maximum Gasteiger partial charge on any atom is 0.346 e. The van der Waals surface area contributed by atoms with E-state index in [2.05, 4.69) is 15.3 Å². The lowest BCUT2D eigenvalue weighted by Crippen LogP contribution is -2.26. The van der Waals surface area contributed by atoms with Crippen LogP contribution in [0, 0.1) is 12.7 Å². The highest BCUT2D eigenvalue weighted by molar-refractivity contribution is 7.20. The van der Waals surface area contributed by atoms with Crippen LogP contribution in [0.25, 0.3) is 10.2 Å². The summed E-state index contributed by atoms with van der Waals surface area (Å²) in [4.78, 5) is 20.7. The normalized spacial score (nSPS) is 19.3. The molecular weight excluding hydrogens is 397 g/mol. The molecule has 0 atom stereocenters. The molecule has 0 saturated heterocycles. The van der Waals surface area contributed by atoms with Crippen molar-refractivity contribution in [1.82, 2.24) is 9.97 Å². The van der Waals surface area contributed by atoms with Gasteiger partial charge in [0.2, 0.25) is 0 Å². The number of carboxylic acid groups (broad SMARTS) is 1. The van der Waals surface area contributed by atoms with Crippen LogP contribution in [0.1, 0.15) is 40.9 Å². The van der Waals surface area contributed by atoms with Crippen LogP contribution in [0.3, 0.4) is 0 Å². The molecule has 1 aliphatic carbocycles. The van der Waals surface area contributed by atoms with Gasteiger partial charge in [-0.15, -0.1) is 11.3 Å². The number of anilines is 2. The van der Waals surface area contributed by atoms with Gasteiger partial charge in [-0.05, 0) is 50.3 Å². The first kappa shape index (κ1) is 19.5. The van der Waals surface area contributed by atoms with Crippen molar-refractivity contribution >= 4 is 39.0 Å². The van der Waals surface area contributed by atoms with Gasteiger partial charge >= 0.3 is 5.97 Å². The predicted molar refractivity (Wildman–Crippen MR) is 108 cm³/mol. The van der Waals surface area contributed by atoms with E-state index in [1.807, 2.05) is 0 Å². The minimum Gasteiger partial charge on any atom is -0.488 e. The fourth-order valence-electron chi connectivity index (χ4n) is 3.54. The average molecular weight is 417 g/mol. The highest BCUT2D eigenvalue weighted by Crippen LogP contribution is 2.37. The number of aliphatic hydroxyl groups is 1. The third kappa shape index (κ3) is 4.01. The zero-order valence-corrected chi connectivity index (χ0v) is 16.5. The molecule has 0 amide bonds. The number of rotatable bonds is 5. The second-order valence-corrected chi connectivity index (χ2v) is 8.08. The number of ether oxygens (including phenoxy) is 1. The summed E-state index contributed by atoms with van der Waals surface area (Å²) in [7, 11) is 0. The predicted octanol–water partition coefficient (Wildman–Crippen LogP) is 4.26. The Kier molecular flexibility index (Phi) is 5.33. The number of fused-ring (bicyclic) bond motifs is 1. The van der Waals surface area contributed by atoms with Crippen LogP contribution in [-0.2, 0) is 0 Å². The molecule has 2 aromatic heterocycles. The van der Waals surface area contributed by atoms with Gasteiger partial charge in [0.15, 0.2) is 0 Å². The molecule has 0 aliphatic heterocycles. The Morgan fingerprint density at radius 3 is 2.76 bits per heavy atom. The molecule has 1 saturated carbocycles. The molecule has 0 bridgehead atoms. The highest BCUT2D eigenvalue weighted by Gasteiger charge is 2.23. The van der Waals surface area contributed by atoms with Crippen LogP contribution in [0.15, 0.2) is 24.5 Å². The standard InChI is InChI=1S/C20H20FN3O4S/c1-10-16-18(22-9-23-19(16)29-17(10)20(26)27)24-14-7-2-11(21)8-15(14)28-13-5-3-12(25)4-6-13/h2,7-9,12-13,25H,3-6H2,1H3,(H,26,27)(H,22,23,24)/t12-,13-. The minimum atomic E-state index is -1.01. The summed E-state index contributed by atoms with van der Waals surface area (Å²) in [6.07, 6.45) is 3.65. The summed E-state index contributed by atoms with van der Waals surface area (Å²) < 4.78 is 19.9. The van der Waals surface area contributed by atoms with Crippen LogP contribution in [0.2, 0.25) is 0 Å². The molecule has 0 spiro atoms. The molecular formula is C20H20FN3O4S. The zero-order chi connectivity index (χ0) is 20.5. The van der Waals surface area contributed by atoms with Crippen molar-refractivity contribution in [2.45, 2.75) is 44.8 Å². The van der Waals surface area contributed by atoms with Crippen LogP contribution in [-0.4, -0.2) is 38.4 Å². The number of aromatic carboxylic acids is 1. The molecule has 7 nitrogen and oxygen atoms in total. The van der Waals surface area contributed by atoms with E-state index in [0.29, 0.717) is 58.7 Å². The van der Waals surface area contributed by atoms with Gasteiger partial charge in [0, 0.05) is 6.07 Å². The third-order valence-electron chi connectivity index (χ3n) is 5.06. The first-order valence-electron chi connectivity index (χ1n) is 9.31. The molecule has 2 heterocycles. The third-order valence-corrected chi connectivity index (χ3v) is 6.24. The van der Waals surface area contributed by atoms with Crippen LogP contribution in [0.5, 0.6) is 5.75 Å². The highest BCUT2D eigenvalue weighted by atomic mass is 32.1. The summed E-state index contributed by atoms with van der Waals surface area (Å²) >= 11 is 1.09. The molecule has 9 heteroatoms. The number of nitrogens with zero attached hydrogens (tertiary/aromatic N) is 2. The van der Waals surface area contributed by atoms with Gasteiger partial charge in [-0.1, -0.05) is 0 Å². The van der Waals surface area contributed by atoms with Crippen molar-refractivity contribution in [1.29, 1.82) is 0 Å². The smallest absolute Gasteiger partial charge is 0.346 e. The number of benzene rings is 1. The first-order chi connectivity index (χ1) is 13.9. The number of hydrogen-bond donors (Lipinski definition) is 3. The van der Waals surface area contributed by atoms with Crippen molar-refractivity contribution in [3.63, 3.8) is 0 Å². The molecule has 3 aromatic rings. The lowest BCUT2D eigenvalue weighted by molar-refractivity contribution is 0.0668. The van der Waals surface area contributed by atoms with Crippen molar-refractivity contribution in [2.75, 3.05) is 5.32 Å². The number of aryl methyl sites for hydroxylation is 1. The zero-order valence-electron chi connectivity index (χ0n) is 15.7. The van der Waals surface area contributed by atoms with E-state index in [9.17, 15) is 19.4 Å². The number of carbonyl (C=O) groups is 1. The Morgan fingerprint density at radius 2 is 2.03 bits per heavy atom. The van der Waals surface area contributed by atoms with Gasteiger partial charge in [0.25, 0.3) is 0 Å². The molecule has 3 N–H and O–H groups in total. The fourth-order valence-corrected chi connectivity index (χ4v) is 4.53. The second-order valence-electron chi connectivity index (χ2n) is 7.08. The van der Waals surface area contributed by atoms with Gasteiger partial charge in [0.05, 0.1) is 23.3 Å². The largest absolute Gasteiger partial charge is 0.488 e. The van der Waals surface area contributed by atoms with Crippen LogP contribution in [0.4, 0.5) is 15.9 Å². The van der Waals surface area contributed by atoms with E-state index in [4.69, 9.17) is 4.74 Å². The number of halogens is 1. The minimum absolute atomic E-state index is 0.104. The van der Waals surface area contributed by atoms with Crippen molar-refractivity contribution in [3.8, 4) is 5.75 Å². The molecule has 29 heavy (non-hydrogen) atoms. The van der Waals surface area contributed by atoms with E-state index in [1.54, 1.807) is 13.0 Å². The van der Waals surface area contributed by atoms with Gasteiger partial charge in [0.1, 0.15) is 33.4 Å². The number of carboxylic acids is 1. The van der Waals surface area contributed by atoms with Gasteiger partial charge < -0.3 is 20.3 Å². The molecule has 0 radical (unpaired) electrons.